The number of likely N-dealkylation sites (N-methyl/N-ethyl adjacent to an activating group) is 1. The minimum atomic E-state index is -0.879. The minimum Gasteiger partial charge on any atom is -0.480 e. The van der Waals surface area contributed by atoms with Gasteiger partial charge in [-0.25, -0.2) is 0 Å². The van der Waals surface area contributed by atoms with Crippen LogP contribution < -0.4 is 0 Å². The molecule has 5 nitrogen and oxygen atoms in total. The van der Waals surface area contributed by atoms with E-state index >= 15 is 0 Å². The monoisotopic (exact) mass is 227 g/mol. The van der Waals surface area contributed by atoms with Crippen molar-refractivity contribution in [2.24, 2.45) is 0 Å². The Morgan fingerprint density at radius 1 is 1.69 bits per heavy atom. The molecule has 1 aromatic rings. The van der Waals surface area contributed by atoms with Gasteiger partial charge in [0.2, 0.25) is 0 Å². The van der Waals surface area contributed by atoms with Crippen LogP contribution in [0, 0.1) is 0 Å². The van der Waals surface area contributed by atoms with Gasteiger partial charge in [0.05, 0.1) is 19.4 Å². The summed E-state index contributed by atoms with van der Waals surface area (Å²) < 4.78 is 10.1. The summed E-state index contributed by atoms with van der Waals surface area (Å²) in [5.74, 6) is -0.126. The number of furan rings is 1. The van der Waals surface area contributed by atoms with E-state index in [1.165, 1.54) is 7.11 Å². The fraction of sp³-hybridized carbons (Fsp3) is 0.545. The van der Waals surface area contributed by atoms with Gasteiger partial charge >= 0.3 is 5.97 Å². The molecule has 1 aromatic heterocycles. The maximum atomic E-state index is 11.1. The summed E-state index contributed by atoms with van der Waals surface area (Å²) in [5.41, 5.74) is 0. The third-order valence-corrected chi connectivity index (χ3v) is 2.40. The second-order valence-electron chi connectivity index (χ2n) is 3.45. The van der Waals surface area contributed by atoms with Crippen LogP contribution in [0.25, 0.3) is 0 Å². The van der Waals surface area contributed by atoms with Gasteiger partial charge in [0.1, 0.15) is 11.8 Å². The number of aliphatic carboxylic acids is 1. The van der Waals surface area contributed by atoms with Crippen molar-refractivity contribution in [3.63, 3.8) is 0 Å². The molecular weight excluding hydrogens is 210 g/mol. The fourth-order valence-corrected chi connectivity index (χ4v) is 1.54. The molecule has 0 fully saturated rings. The van der Waals surface area contributed by atoms with E-state index in [1.54, 1.807) is 17.2 Å². The number of carbonyl (C=O) groups is 1. The first-order valence-electron chi connectivity index (χ1n) is 5.17. The van der Waals surface area contributed by atoms with E-state index < -0.39 is 12.0 Å². The summed E-state index contributed by atoms with van der Waals surface area (Å²) in [5, 5.41) is 9.08. The number of nitrogens with zero attached hydrogens (tertiary/aromatic N) is 1. The van der Waals surface area contributed by atoms with E-state index in [0.717, 1.165) is 5.76 Å². The summed E-state index contributed by atoms with van der Waals surface area (Å²) in [6.07, 6.45) is 1.58. The van der Waals surface area contributed by atoms with E-state index in [-0.39, 0.29) is 6.61 Å². The van der Waals surface area contributed by atoms with Gasteiger partial charge in [0.25, 0.3) is 0 Å². The smallest absolute Gasteiger partial charge is 0.323 e. The summed E-state index contributed by atoms with van der Waals surface area (Å²) >= 11 is 0. The summed E-state index contributed by atoms with van der Waals surface area (Å²) in [6, 6.07) is 2.98. The molecule has 0 aliphatic carbocycles. The van der Waals surface area contributed by atoms with Crippen molar-refractivity contribution in [3.05, 3.63) is 24.2 Å². The number of rotatable bonds is 7. The van der Waals surface area contributed by atoms with Crippen molar-refractivity contribution in [3.8, 4) is 0 Å². The lowest BCUT2D eigenvalue weighted by atomic mass is 10.2. The lowest BCUT2D eigenvalue weighted by Crippen LogP contribution is -2.43. The van der Waals surface area contributed by atoms with Crippen molar-refractivity contribution in [2.75, 3.05) is 20.3 Å². The van der Waals surface area contributed by atoms with Crippen LogP contribution in [-0.4, -0.2) is 42.3 Å². The zero-order valence-electron chi connectivity index (χ0n) is 9.55. The van der Waals surface area contributed by atoms with E-state index in [2.05, 4.69) is 0 Å². The first-order valence-corrected chi connectivity index (χ1v) is 5.17. The van der Waals surface area contributed by atoms with Gasteiger partial charge in [-0.1, -0.05) is 6.92 Å². The van der Waals surface area contributed by atoms with Crippen LogP contribution in [0.4, 0.5) is 0 Å². The summed E-state index contributed by atoms with van der Waals surface area (Å²) in [6.45, 7) is 3.18. The van der Waals surface area contributed by atoms with Gasteiger partial charge in [-0.2, -0.15) is 0 Å². The molecule has 0 saturated heterocycles. The fourth-order valence-electron chi connectivity index (χ4n) is 1.54. The van der Waals surface area contributed by atoms with Crippen LogP contribution in [0.3, 0.4) is 0 Å². The molecule has 1 rings (SSSR count). The second-order valence-corrected chi connectivity index (χ2v) is 3.45. The molecule has 1 N–H and O–H groups in total. The van der Waals surface area contributed by atoms with Crippen molar-refractivity contribution < 1.29 is 19.1 Å². The number of hydrogen-bond acceptors (Lipinski definition) is 4. The predicted octanol–water partition coefficient (Wildman–Crippen LogP) is 1.20. The van der Waals surface area contributed by atoms with Gasteiger partial charge in [-0.15, -0.1) is 0 Å². The van der Waals surface area contributed by atoms with Gasteiger partial charge in [-0.3, -0.25) is 9.69 Å². The number of hydrogen-bond donors (Lipinski definition) is 1. The Hall–Kier alpha value is -1.33. The van der Waals surface area contributed by atoms with Crippen LogP contribution in [0.15, 0.2) is 22.8 Å². The summed E-state index contributed by atoms with van der Waals surface area (Å²) in [4.78, 5) is 12.9. The Morgan fingerprint density at radius 2 is 2.44 bits per heavy atom. The normalized spacial score (nSPS) is 12.9. The Balaban J connectivity index is 2.66. The molecule has 16 heavy (non-hydrogen) atoms. The highest BCUT2D eigenvalue weighted by molar-refractivity contribution is 5.73. The van der Waals surface area contributed by atoms with E-state index in [9.17, 15) is 4.79 Å². The maximum absolute atomic E-state index is 11.1. The van der Waals surface area contributed by atoms with Crippen LogP contribution >= 0.6 is 0 Å². The lowest BCUT2D eigenvalue weighted by Gasteiger charge is -2.25. The quantitative estimate of drug-likeness (QED) is 0.758. The Kier molecular flexibility index (Phi) is 5.01. The SMILES string of the molecule is CCN(Cc1ccco1)C(COC)C(=O)O. The van der Waals surface area contributed by atoms with Crippen molar-refractivity contribution in [1.29, 1.82) is 0 Å². The summed E-state index contributed by atoms with van der Waals surface area (Å²) in [7, 11) is 1.50. The third kappa shape index (κ3) is 3.36. The third-order valence-electron chi connectivity index (χ3n) is 2.40. The Morgan fingerprint density at radius 3 is 2.88 bits per heavy atom. The molecule has 90 valence electrons. The van der Waals surface area contributed by atoms with E-state index in [1.807, 2.05) is 13.0 Å². The van der Waals surface area contributed by atoms with Crippen molar-refractivity contribution >= 4 is 5.97 Å². The zero-order valence-corrected chi connectivity index (χ0v) is 9.55. The average molecular weight is 227 g/mol. The molecule has 0 aliphatic rings. The number of methoxy groups -OCH3 is 1. The molecule has 0 spiro atoms. The van der Waals surface area contributed by atoms with Gasteiger partial charge < -0.3 is 14.3 Å². The topological polar surface area (TPSA) is 62.9 Å². The first-order chi connectivity index (χ1) is 7.69. The van der Waals surface area contributed by atoms with Crippen LogP contribution in [-0.2, 0) is 16.1 Å². The van der Waals surface area contributed by atoms with Crippen molar-refractivity contribution in [1.82, 2.24) is 4.90 Å². The van der Waals surface area contributed by atoms with Crippen LogP contribution in [0.2, 0.25) is 0 Å². The highest BCUT2D eigenvalue weighted by Crippen LogP contribution is 2.09. The molecule has 0 radical (unpaired) electrons. The lowest BCUT2D eigenvalue weighted by molar-refractivity contribution is -0.145. The largest absolute Gasteiger partial charge is 0.480 e. The molecule has 5 heteroatoms. The molecule has 1 heterocycles. The van der Waals surface area contributed by atoms with E-state index in [4.69, 9.17) is 14.3 Å². The molecule has 0 amide bonds. The zero-order chi connectivity index (χ0) is 12.0. The molecule has 0 aliphatic heterocycles. The molecule has 0 saturated carbocycles. The van der Waals surface area contributed by atoms with Crippen molar-refractivity contribution in [2.45, 2.75) is 19.5 Å². The highest BCUT2D eigenvalue weighted by Gasteiger charge is 2.24. The van der Waals surface area contributed by atoms with Gasteiger partial charge in [0, 0.05) is 7.11 Å². The second kappa shape index (κ2) is 6.30. The van der Waals surface area contributed by atoms with Crippen LogP contribution in [0.5, 0.6) is 0 Å². The average Bonchev–Trinajstić information content (AvgIpc) is 2.75. The van der Waals surface area contributed by atoms with E-state index in [0.29, 0.717) is 13.1 Å². The number of ether oxygens (including phenoxy) is 1. The van der Waals surface area contributed by atoms with Gasteiger partial charge in [-0.05, 0) is 18.7 Å². The Labute approximate surface area is 94.6 Å². The first kappa shape index (κ1) is 12.7. The maximum Gasteiger partial charge on any atom is 0.323 e. The molecular formula is C11H17NO4. The molecule has 0 aromatic carbocycles. The minimum absolute atomic E-state index is 0.171. The Bertz CT molecular complexity index is 310. The molecule has 0 bridgehead atoms. The predicted molar refractivity (Wildman–Crippen MR) is 58.1 cm³/mol. The highest BCUT2D eigenvalue weighted by atomic mass is 16.5. The standard InChI is InChI=1S/C11H17NO4/c1-3-12(7-9-5-4-6-16-9)10(8-15-2)11(13)14/h4-6,10H,3,7-8H2,1-2H3,(H,13,14). The molecule has 1 atom stereocenters. The number of carboxylic acid groups (broad SMARTS) is 1. The van der Waals surface area contributed by atoms with Gasteiger partial charge in [0.15, 0.2) is 0 Å². The molecule has 1 unspecified atom stereocenters. The van der Waals surface area contributed by atoms with Crippen LogP contribution in [0.1, 0.15) is 12.7 Å². The number of carboxylic acids is 1.